The number of allylic oxidation sites excluding steroid dienone is 2. The van der Waals surface area contributed by atoms with Gasteiger partial charge in [-0.2, -0.15) is 0 Å². The standard InChI is InChI=1S/C28H31N3O3/c32-25(15-16-31-27(33)23-13-7-8-14-24(23)28(31)34)29-17-19-30(20-18-29)26(21-9-3-1-4-10-21)22-11-5-2-6-12-22/h1-12,23-24,26H,13-20H2/t23-,24-/m1/s1. The molecule has 0 radical (unpaired) electrons. The Morgan fingerprint density at radius 1 is 0.765 bits per heavy atom. The number of fused-ring (bicyclic) bond motifs is 1. The molecule has 5 rings (SSSR count). The molecule has 0 bridgehead atoms. The summed E-state index contributed by atoms with van der Waals surface area (Å²) in [6.45, 7) is 3.04. The molecule has 6 nitrogen and oxygen atoms in total. The number of piperazine rings is 1. The third-order valence-corrected chi connectivity index (χ3v) is 7.41. The molecule has 176 valence electrons. The number of benzene rings is 2. The molecule has 2 heterocycles. The van der Waals surface area contributed by atoms with Crippen LogP contribution in [0.2, 0.25) is 0 Å². The predicted molar refractivity (Wildman–Crippen MR) is 130 cm³/mol. The lowest BCUT2D eigenvalue weighted by atomic mass is 9.85. The van der Waals surface area contributed by atoms with Gasteiger partial charge >= 0.3 is 0 Å². The molecule has 3 amide bonds. The fourth-order valence-electron chi connectivity index (χ4n) is 5.57. The molecule has 34 heavy (non-hydrogen) atoms. The van der Waals surface area contributed by atoms with Crippen molar-refractivity contribution in [3.63, 3.8) is 0 Å². The second-order valence-corrected chi connectivity index (χ2v) is 9.37. The van der Waals surface area contributed by atoms with Crippen LogP contribution in [0.4, 0.5) is 0 Å². The normalized spacial score (nSPS) is 23.0. The average Bonchev–Trinajstić information content (AvgIpc) is 3.14. The monoisotopic (exact) mass is 457 g/mol. The lowest BCUT2D eigenvalue weighted by molar-refractivity contribution is -0.141. The molecule has 0 N–H and O–H groups in total. The summed E-state index contributed by atoms with van der Waals surface area (Å²) in [5.74, 6) is -0.659. The summed E-state index contributed by atoms with van der Waals surface area (Å²) in [5.41, 5.74) is 2.49. The van der Waals surface area contributed by atoms with E-state index in [9.17, 15) is 14.4 Å². The maximum Gasteiger partial charge on any atom is 0.233 e. The molecule has 1 aliphatic carbocycles. The highest BCUT2D eigenvalue weighted by Gasteiger charge is 2.47. The third kappa shape index (κ3) is 4.42. The van der Waals surface area contributed by atoms with Gasteiger partial charge in [0.05, 0.1) is 17.9 Å². The quantitative estimate of drug-likeness (QED) is 0.494. The van der Waals surface area contributed by atoms with Gasteiger partial charge in [0.25, 0.3) is 0 Å². The van der Waals surface area contributed by atoms with Crippen molar-refractivity contribution in [1.29, 1.82) is 0 Å². The number of likely N-dealkylation sites (tertiary alicyclic amines) is 1. The van der Waals surface area contributed by atoms with E-state index < -0.39 is 0 Å². The van der Waals surface area contributed by atoms with Crippen LogP contribution in [0.5, 0.6) is 0 Å². The number of hydrogen-bond acceptors (Lipinski definition) is 4. The molecular formula is C28H31N3O3. The summed E-state index contributed by atoms with van der Waals surface area (Å²) in [7, 11) is 0. The van der Waals surface area contributed by atoms with E-state index in [1.807, 2.05) is 29.2 Å². The van der Waals surface area contributed by atoms with E-state index >= 15 is 0 Å². The molecule has 2 aromatic rings. The Kier molecular flexibility index (Phi) is 6.59. The van der Waals surface area contributed by atoms with Crippen molar-refractivity contribution in [3.8, 4) is 0 Å². The highest BCUT2D eigenvalue weighted by atomic mass is 16.2. The number of imide groups is 1. The second-order valence-electron chi connectivity index (χ2n) is 9.37. The Balaban J connectivity index is 1.19. The summed E-state index contributed by atoms with van der Waals surface area (Å²) < 4.78 is 0. The fourth-order valence-corrected chi connectivity index (χ4v) is 5.57. The fraction of sp³-hybridized carbons (Fsp3) is 0.393. The van der Waals surface area contributed by atoms with Crippen LogP contribution in [0, 0.1) is 11.8 Å². The van der Waals surface area contributed by atoms with E-state index in [2.05, 4.69) is 53.4 Å². The van der Waals surface area contributed by atoms with E-state index in [0.29, 0.717) is 25.9 Å². The zero-order valence-corrected chi connectivity index (χ0v) is 19.4. The maximum atomic E-state index is 12.9. The molecule has 2 fully saturated rings. The molecule has 0 saturated carbocycles. The van der Waals surface area contributed by atoms with Gasteiger partial charge in [-0.05, 0) is 24.0 Å². The molecule has 0 aromatic heterocycles. The minimum atomic E-state index is -0.232. The lowest BCUT2D eigenvalue weighted by Gasteiger charge is -2.40. The van der Waals surface area contributed by atoms with Crippen molar-refractivity contribution in [2.45, 2.75) is 25.3 Å². The molecule has 2 aliphatic heterocycles. The van der Waals surface area contributed by atoms with E-state index in [4.69, 9.17) is 0 Å². The second kappa shape index (κ2) is 9.94. The number of amides is 3. The van der Waals surface area contributed by atoms with Gasteiger partial charge in [-0.3, -0.25) is 24.2 Å². The zero-order valence-electron chi connectivity index (χ0n) is 19.4. The number of hydrogen-bond donors (Lipinski definition) is 0. The van der Waals surface area contributed by atoms with Gasteiger partial charge in [-0.1, -0.05) is 72.8 Å². The maximum absolute atomic E-state index is 12.9. The molecule has 3 aliphatic rings. The number of nitrogens with zero attached hydrogens (tertiary/aromatic N) is 3. The van der Waals surface area contributed by atoms with Crippen molar-refractivity contribution in [1.82, 2.24) is 14.7 Å². The summed E-state index contributed by atoms with van der Waals surface area (Å²) in [4.78, 5) is 43.9. The highest BCUT2D eigenvalue weighted by Crippen LogP contribution is 2.35. The first kappa shape index (κ1) is 22.5. The Morgan fingerprint density at radius 2 is 1.26 bits per heavy atom. The topological polar surface area (TPSA) is 60.9 Å². The van der Waals surface area contributed by atoms with E-state index in [0.717, 1.165) is 13.1 Å². The van der Waals surface area contributed by atoms with Gasteiger partial charge in [0, 0.05) is 39.1 Å². The molecule has 2 atom stereocenters. The number of carbonyl (C=O) groups excluding carboxylic acids is 3. The van der Waals surface area contributed by atoms with Gasteiger partial charge in [-0.15, -0.1) is 0 Å². The number of carbonyl (C=O) groups is 3. The van der Waals surface area contributed by atoms with Crippen molar-refractivity contribution in [2.75, 3.05) is 32.7 Å². The van der Waals surface area contributed by atoms with Crippen LogP contribution in [-0.2, 0) is 14.4 Å². The van der Waals surface area contributed by atoms with Crippen molar-refractivity contribution >= 4 is 17.7 Å². The van der Waals surface area contributed by atoms with Crippen LogP contribution in [0.15, 0.2) is 72.8 Å². The molecule has 0 unspecified atom stereocenters. The van der Waals surface area contributed by atoms with Crippen LogP contribution in [0.3, 0.4) is 0 Å². The predicted octanol–water partition coefficient (Wildman–Crippen LogP) is 3.26. The van der Waals surface area contributed by atoms with Crippen molar-refractivity contribution < 1.29 is 14.4 Å². The first-order chi connectivity index (χ1) is 16.6. The summed E-state index contributed by atoms with van der Waals surface area (Å²) in [5, 5.41) is 0. The first-order valence-corrected chi connectivity index (χ1v) is 12.3. The van der Waals surface area contributed by atoms with Crippen LogP contribution < -0.4 is 0 Å². The Labute approximate surface area is 200 Å². The van der Waals surface area contributed by atoms with Crippen molar-refractivity contribution in [2.24, 2.45) is 11.8 Å². The smallest absolute Gasteiger partial charge is 0.233 e. The van der Waals surface area contributed by atoms with Crippen LogP contribution in [0.1, 0.15) is 36.4 Å². The highest BCUT2D eigenvalue weighted by molar-refractivity contribution is 6.05. The van der Waals surface area contributed by atoms with Gasteiger partial charge in [0.2, 0.25) is 17.7 Å². The average molecular weight is 458 g/mol. The summed E-state index contributed by atoms with van der Waals surface area (Å²) >= 11 is 0. The van der Waals surface area contributed by atoms with E-state index in [1.165, 1.54) is 16.0 Å². The van der Waals surface area contributed by atoms with Crippen LogP contribution in [0.25, 0.3) is 0 Å². The minimum Gasteiger partial charge on any atom is -0.340 e. The van der Waals surface area contributed by atoms with Gasteiger partial charge in [0.1, 0.15) is 0 Å². The molecule has 2 aromatic carbocycles. The summed E-state index contributed by atoms with van der Waals surface area (Å²) in [6, 6.07) is 21.1. The van der Waals surface area contributed by atoms with Crippen molar-refractivity contribution in [3.05, 3.63) is 83.9 Å². The van der Waals surface area contributed by atoms with E-state index in [1.54, 1.807) is 0 Å². The van der Waals surface area contributed by atoms with Crippen LogP contribution in [-0.4, -0.2) is 65.1 Å². The van der Waals surface area contributed by atoms with Gasteiger partial charge in [0.15, 0.2) is 0 Å². The SMILES string of the molecule is O=C(CCN1C(=O)[C@@H]2CC=CC[C@H]2C1=O)N1CCN(C(c2ccccc2)c2ccccc2)CC1. The third-order valence-electron chi connectivity index (χ3n) is 7.41. The Hall–Kier alpha value is -3.25. The number of rotatable bonds is 6. The Bertz CT molecular complexity index is 995. The van der Waals surface area contributed by atoms with Gasteiger partial charge < -0.3 is 4.90 Å². The molecule has 2 saturated heterocycles. The zero-order chi connectivity index (χ0) is 23.5. The van der Waals surface area contributed by atoms with Gasteiger partial charge in [-0.25, -0.2) is 0 Å². The summed E-state index contributed by atoms with van der Waals surface area (Å²) in [6.07, 6.45) is 5.43. The molecule has 0 spiro atoms. The Morgan fingerprint density at radius 3 is 1.76 bits per heavy atom. The largest absolute Gasteiger partial charge is 0.340 e. The van der Waals surface area contributed by atoms with E-state index in [-0.39, 0.29) is 48.6 Å². The van der Waals surface area contributed by atoms with Crippen LogP contribution >= 0.6 is 0 Å². The minimum absolute atomic E-state index is 0.0178. The molecule has 6 heteroatoms. The molecular weight excluding hydrogens is 426 g/mol. The lowest BCUT2D eigenvalue weighted by Crippen LogP contribution is -2.50. The first-order valence-electron chi connectivity index (χ1n) is 12.3.